The van der Waals surface area contributed by atoms with E-state index in [1.54, 1.807) is 0 Å². The van der Waals surface area contributed by atoms with Crippen LogP contribution < -0.4 is 5.73 Å². The third-order valence-electron chi connectivity index (χ3n) is 3.08. The number of aromatic nitrogens is 2. The number of hydrogen-bond acceptors (Lipinski definition) is 3. The minimum atomic E-state index is 0.549. The number of benzene rings is 1. The zero-order valence-corrected chi connectivity index (χ0v) is 12.4. The summed E-state index contributed by atoms with van der Waals surface area (Å²) in [5.74, 6) is 1.11. The van der Waals surface area contributed by atoms with Crippen molar-refractivity contribution in [2.75, 3.05) is 5.75 Å². The predicted molar refractivity (Wildman–Crippen MR) is 81.8 cm³/mol. The monoisotopic (exact) mass is 275 g/mol. The molecule has 0 aliphatic rings. The SMILES string of the molecule is CCCCSc1c(CN)c(C)nn1-c1ccccc1. The van der Waals surface area contributed by atoms with Crippen LogP contribution in [0.25, 0.3) is 5.69 Å². The highest BCUT2D eigenvalue weighted by Gasteiger charge is 2.15. The van der Waals surface area contributed by atoms with Gasteiger partial charge in [-0.25, -0.2) is 4.68 Å². The molecule has 0 aliphatic heterocycles. The molecule has 0 atom stereocenters. The van der Waals surface area contributed by atoms with Gasteiger partial charge in [-0.3, -0.25) is 0 Å². The smallest absolute Gasteiger partial charge is 0.105 e. The van der Waals surface area contributed by atoms with Crippen molar-refractivity contribution in [1.29, 1.82) is 0 Å². The normalized spacial score (nSPS) is 10.9. The van der Waals surface area contributed by atoms with E-state index in [1.165, 1.54) is 23.4 Å². The second-order valence-corrected chi connectivity index (χ2v) is 5.61. The lowest BCUT2D eigenvalue weighted by atomic mass is 10.3. The largest absolute Gasteiger partial charge is 0.326 e. The lowest BCUT2D eigenvalue weighted by molar-refractivity contribution is 0.786. The molecule has 4 heteroatoms. The fourth-order valence-electron chi connectivity index (χ4n) is 1.98. The third-order valence-corrected chi connectivity index (χ3v) is 4.26. The number of nitrogens with two attached hydrogens (primary N) is 1. The third kappa shape index (κ3) is 3.19. The van der Waals surface area contributed by atoms with Gasteiger partial charge >= 0.3 is 0 Å². The molecule has 2 aromatic rings. The molecule has 0 aliphatic carbocycles. The summed E-state index contributed by atoms with van der Waals surface area (Å²) in [7, 11) is 0. The van der Waals surface area contributed by atoms with Crippen LogP contribution in [0.15, 0.2) is 35.4 Å². The lowest BCUT2D eigenvalue weighted by Crippen LogP contribution is -2.02. The highest BCUT2D eigenvalue weighted by atomic mass is 32.2. The van der Waals surface area contributed by atoms with Crippen molar-refractivity contribution >= 4 is 11.8 Å². The van der Waals surface area contributed by atoms with E-state index >= 15 is 0 Å². The first kappa shape index (κ1) is 14.2. The van der Waals surface area contributed by atoms with Gasteiger partial charge in [-0.1, -0.05) is 31.5 Å². The number of para-hydroxylation sites is 1. The quantitative estimate of drug-likeness (QED) is 0.648. The molecule has 0 radical (unpaired) electrons. The van der Waals surface area contributed by atoms with Gasteiger partial charge in [0.15, 0.2) is 0 Å². The number of hydrogen-bond donors (Lipinski definition) is 1. The standard InChI is InChI=1S/C15H21N3S/c1-3-4-10-19-15-14(11-16)12(2)17-18(15)13-8-6-5-7-9-13/h5-9H,3-4,10-11,16H2,1-2H3. The molecular formula is C15H21N3S. The van der Waals surface area contributed by atoms with Crippen molar-refractivity contribution < 1.29 is 0 Å². The Morgan fingerprint density at radius 1 is 1.26 bits per heavy atom. The Hall–Kier alpha value is -1.26. The first-order chi connectivity index (χ1) is 9.27. The fraction of sp³-hybridized carbons (Fsp3) is 0.400. The molecule has 0 spiro atoms. The van der Waals surface area contributed by atoms with Crippen molar-refractivity contribution in [2.45, 2.75) is 38.3 Å². The van der Waals surface area contributed by atoms with Crippen molar-refractivity contribution in [3.05, 3.63) is 41.6 Å². The fourth-order valence-corrected chi connectivity index (χ4v) is 3.28. The molecule has 1 aromatic heterocycles. The highest BCUT2D eigenvalue weighted by Crippen LogP contribution is 2.28. The average Bonchev–Trinajstić information content (AvgIpc) is 2.76. The van der Waals surface area contributed by atoms with Gasteiger partial charge in [-0.05, 0) is 31.2 Å². The predicted octanol–water partition coefficient (Wildman–Crippen LogP) is 3.53. The molecule has 0 amide bonds. The van der Waals surface area contributed by atoms with Crippen LogP contribution in [0.1, 0.15) is 31.0 Å². The van der Waals surface area contributed by atoms with Gasteiger partial charge in [-0.15, -0.1) is 11.8 Å². The highest BCUT2D eigenvalue weighted by molar-refractivity contribution is 7.99. The summed E-state index contributed by atoms with van der Waals surface area (Å²) < 4.78 is 2.03. The molecule has 0 unspecified atom stereocenters. The van der Waals surface area contributed by atoms with Gasteiger partial charge in [0.1, 0.15) is 5.03 Å². The average molecular weight is 275 g/mol. The van der Waals surface area contributed by atoms with Crippen LogP contribution in [-0.4, -0.2) is 15.5 Å². The molecule has 19 heavy (non-hydrogen) atoms. The molecule has 0 fully saturated rings. The van der Waals surface area contributed by atoms with E-state index in [0.29, 0.717) is 6.54 Å². The van der Waals surface area contributed by atoms with Gasteiger partial charge < -0.3 is 5.73 Å². The Balaban J connectivity index is 2.37. The topological polar surface area (TPSA) is 43.8 Å². The van der Waals surface area contributed by atoms with E-state index in [9.17, 15) is 0 Å². The number of unbranched alkanes of at least 4 members (excludes halogenated alkanes) is 1. The van der Waals surface area contributed by atoms with E-state index < -0.39 is 0 Å². The molecule has 1 heterocycles. The molecule has 2 rings (SSSR count). The Morgan fingerprint density at radius 3 is 2.63 bits per heavy atom. The van der Waals surface area contributed by atoms with Gasteiger partial charge in [0.25, 0.3) is 0 Å². The molecular weight excluding hydrogens is 254 g/mol. The molecule has 2 N–H and O–H groups in total. The molecule has 3 nitrogen and oxygen atoms in total. The Bertz CT molecular complexity index is 520. The Kier molecular flexibility index (Phi) is 5.05. The van der Waals surface area contributed by atoms with Crippen molar-refractivity contribution in [2.24, 2.45) is 5.73 Å². The van der Waals surface area contributed by atoms with E-state index in [1.807, 2.05) is 41.6 Å². The molecule has 0 bridgehead atoms. The molecule has 102 valence electrons. The first-order valence-electron chi connectivity index (χ1n) is 6.74. The van der Waals surface area contributed by atoms with Crippen molar-refractivity contribution in [3.8, 4) is 5.69 Å². The van der Waals surface area contributed by atoms with Crippen molar-refractivity contribution in [1.82, 2.24) is 9.78 Å². The molecule has 1 aromatic carbocycles. The zero-order valence-electron chi connectivity index (χ0n) is 11.6. The van der Waals surface area contributed by atoms with E-state index in [0.717, 1.165) is 17.1 Å². The van der Waals surface area contributed by atoms with E-state index in [-0.39, 0.29) is 0 Å². The minimum absolute atomic E-state index is 0.549. The maximum atomic E-state index is 5.88. The summed E-state index contributed by atoms with van der Waals surface area (Å²) >= 11 is 1.86. The maximum Gasteiger partial charge on any atom is 0.105 e. The van der Waals surface area contributed by atoms with Crippen LogP contribution in [0.3, 0.4) is 0 Å². The summed E-state index contributed by atoms with van der Waals surface area (Å²) in [5, 5.41) is 5.84. The van der Waals surface area contributed by atoms with Crippen LogP contribution >= 0.6 is 11.8 Å². The lowest BCUT2D eigenvalue weighted by Gasteiger charge is -2.08. The summed E-state index contributed by atoms with van der Waals surface area (Å²) in [6.07, 6.45) is 2.43. The van der Waals surface area contributed by atoms with Crippen LogP contribution in [-0.2, 0) is 6.54 Å². The first-order valence-corrected chi connectivity index (χ1v) is 7.73. The van der Waals surface area contributed by atoms with E-state index in [4.69, 9.17) is 5.73 Å². The number of nitrogens with zero attached hydrogens (tertiary/aromatic N) is 2. The van der Waals surface area contributed by atoms with Crippen LogP contribution in [0.5, 0.6) is 0 Å². The zero-order chi connectivity index (χ0) is 13.7. The van der Waals surface area contributed by atoms with Crippen molar-refractivity contribution in [3.63, 3.8) is 0 Å². The van der Waals surface area contributed by atoms with Gasteiger partial charge in [0.05, 0.1) is 11.4 Å². The van der Waals surface area contributed by atoms with Gasteiger partial charge in [0.2, 0.25) is 0 Å². The number of thioether (sulfide) groups is 1. The van der Waals surface area contributed by atoms with E-state index in [2.05, 4.69) is 24.2 Å². The molecule has 0 saturated heterocycles. The van der Waals surface area contributed by atoms with Gasteiger partial charge in [-0.2, -0.15) is 5.10 Å². The van der Waals surface area contributed by atoms with Crippen LogP contribution in [0.2, 0.25) is 0 Å². The minimum Gasteiger partial charge on any atom is -0.326 e. The summed E-state index contributed by atoms with van der Waals surface area (Å²) in [6.45, 7) is 4.79. The number of rotatable bonds is 6. The van der Waals surface area contributed by atoms with Gasteiger partial charge in [0, 0.05) is 12.1 Å². The second-order valence-electron chi connectivity index (χ2n) is 4.52. The Morgan fingerprint density at radius 2 is 2.00 bits per heavy atom. The summed E-state index contributed by atoms with van der Waals surface area (Å²) in [4.78, 5) is 0. The Labute approximate surface area is 119 Å². The van der Waals surface area contributed by atoms with Crippen LogP contribution in [0.4, 0.5) is 0 Å². The maximum absolute atomic E-state index is 5.88. The van der Waals surface area contributed by atoms with Crippen LogP contribution in [0, 0.1) is 6.92 Å². The second kappa shape index (κ2) is 6.78. The summed E-state index contributed by atoms with van der Waals surface area (Å²) in [6, 6.07) is 10.3. The molecule has 0 saturated carbocycles. The number of aryl methyl sites for hydroxylation is 1. The summed E-state index contributed by atoms with van der Waals surface area (Å²) in [5.41, 5.74) is 9.19.